The highest BCUT2D eigenvalue weighted by Gasteiger charge is 2.21. The van der Waals surface area contributed by atoms with Crippen LogP contribution in [0, 0.1) is 6.92 Å². The third-order valence-corrected chi connectivity index (χ3v) is 5.41. The molecule has 1 amide bonds. The van der Waals surface area contributed by atoms with Gasteiger partial charge in [-0.05, 0) is 56.3 Å². The Labute approximate surface area is 185 Å². The lowest BCUT2D eigenvalue weighted by molar-refractivity contribution is -0.719. The largest absolute Gasteiger partial charge is 0.870 e. The van der Waals surface area contributed by atoms with E-state index in [1.807, 2.05) is 49.6 Å². The number of benzene rings is 2. The molecule has 0 aliphatic rings. The number of H-pyrrole nitrogens is 1. The number of amides is 1. The van der Waals surface area contributed by atoms with Gasteiger partial charge in [0.25, 0.3) is 11.7 Å². The number of aromatic nitrogens is 3. The van der Waals surface area contributed by atoms with Gasteiger partial charge in [0.15, 0.2) is 0 Å². The van der Waals surface area contributed by atoms with E-state index in [1.165, 1.54) is 23.5 Å². The Hall–Kier alpha value is -3.33. The minimum atomic E-state index is -0.294. The Morgan fingerprint density at radius 2 is 2.06 bits per heavy atom. The Morgan fingerprint density at radius 1 is 1.29 bits per heavy atom. The molecule has 162 valence electrons. The molecule has 3 aromatic rings. The van der Waals surface area contributed by atoms with Crippen molar-refractivity contribution in [3.63, 3.8) is 0 Å². The molecule has 2 aromatic carbocycles. The van der Waals surface area contributed by atoms with Gasteiger partial charge >= 0.3 is 5.16 Å². The topological polar surface area (TPSA) is 106 Å². The van der Waals surface area contributed by atoms with E-state index in [9.17, 15) is 9.90 Å². The van der Waals surface area contributed by atoms with Crippen molar-refractivity contribution in [2.75, 3.05) is 12.4 Å². The molecule has 3 rings (SSSR count). The van der Waals surface area contributed by atoms with Crippen molar-refractivity contribution in [1.29, 1.82) is 0 Å². The van der Waals surface area contributed by atoms with Crippen molar-refractivity contribution in [1.82, 2.24) is 15.6 Å². The van der Waals surface area contributed by atoms with E-state index in [4.69, 9.17) is 4.74 Å². The molecule has 0 radical (unpaired) electrons. The first-order valence-corrected chi connectivity index (χ1v) is 10.9. The maximum Gasteiger partial charge on any atom is 0.337 e. The van der Waals surface area contributed by atoms with Crippen molar-refractivity contribution < 1.29 is 19.2 Å². The standard InChI is InChI=1S/C22H25N5O3S/c1-4-27-21(16-11-9-15(3)10-12-16)25-26-22(27)31-14-19(28)24-23-13-17-7-6-8-18(20(17)29)30-5-2/h6-13H,4-5,14H2,1-3H3,(H2,23,24,28,29). The molecule has 0 atom stereocenters. The van der Waals surface area contributed by atoms with E-state index in [2.05, 4.69) is 20.7 Å². The van der Waals surface area contributed by atoms with Crippen LogP contribution >= 0.6 is 11.8 Å². The highest BCUT2D eigenvalue weighted by molar-refractivity contribution is 7.99. The summed E-state index contributed by atoms with van der Waals surface area (Å²) in [6.45, 7) is 6.99. The van der Waals surface area contributed by atoms with Crippen LogP contribution in [0.1, 0.15) is 25.0 Å². The first-order valence-electron chi connectivity index (χ1n) is 9.96. The van der Waals surface area contributed by atoms with Crippen LogP contribution in [0.15, 0.2) is 52.7 Å². The minimum Gasteiger partial charge on any atom is -0.870 e. The van der Waals surface area contributed by atoms with Crippen molar-refractivity contribution in [3.8, 4) is 22.9 Å². The zero-order valence-electron chi connectivity index (χ0n) is 17.7. The first-order chi connectivity index (χ1) is 15.0. The number of hydrogen-bond acceptors (Lipinski definition) is 6. The van der Waals surface area contributed by atoms with Crippen LogP contribution in [0.2, 0.25) is 0 Å². The fourth-order valence-corrected chi connectivity index (χ4v) is 3.70. The van der Waals surface area contributed by atoms with Crippen molar-refractivity contribution >= 4 is 23.9 Å². The summed E-state index contributed by atoms with van der Waals surface area (Å²) in [5, 5.41) is 24.2. The molecule has 0 saturated carbocycles. The van der Waals surface area contributed by atoms with E-state index in [1.54, 1.807) is 18.2 Å². The summed E-state index contributed by atoms with van der Waals surface area (Å²) in [5.74, 6) is 0.734. The van der Waals surface area contributed by atoms with Gasteiger partial charge in [0, 0.05) is 0 Å². The molecule has 0 fully saturated rings. The molecule has 1 aromatic heterocycles. The van der Waals surface area contributed by atoms with Crippen molar-refractivity contribution in [3.05, 3.63) is 53.6 Å². The molecule has 0 aliphatic carbocycles. The summed E-state index contributed by atoms with van der Waals surface area (Å²) in [5.41, 5.74) is 5.01. The number of aromatic amines is 1. The van der Waals surface area contributed by atoms with Crippen LogP contribution in [-0.2, 0) is 11.3 Å². The van der Waals surface area contributed by atoms with E-state index in [-0.39, 0.29) is 23.2 Å². The average molecular weight is 440 g/mol. The highest BCUT2D eigenvalue weighted by Crippen LogP contribution is 2.25. The number of hydrogen-bond donors (Lipinski definition) is 2. The maximum atomic E-state index is 12.2. The third-order valence-electron chi connectivity index (χ3n) is 4.43. The Morgan fingerprint density at radius 3 is 2.77 bits per heavy atom. The lowest BCUT2D eigenvalue weighted by Gasteiger charge is -2.15. The van der Waals surface area contributed by atoms with Crippen LogP contribution in [0.4, 0.5) is 0 Å². The predicted molar refractivity (Wildman–Crippen MR) is 118 cm³/mol. The van der Waals surface area contributed by atoms with Gasteiger partial charge in [-0.25, -0.2) is 9.99 Å². The number of carbonyl (C=O) groups is 1. The zero-order valence-corrected chi connectivity index (χ0v) is 18.5. The molecule has 1 heterocycles. The molecular formula is C22H25N5O3S. The molecule has 0 spiro atoms. The summed E-state index contributed by atoms with van der Waals surface area (Å²) < 4.78 is 7.30. The van der Waals surface area contributed by atoms with Gasteiger partial charge in [0.05, 0.1) is 35.8 Å². The number of para-hydroxylation sites is 1. The molecule has 8 nitrogen and oxygen atoms in total. The Bertz CT molecular complexity index is 1060. The molecule has 31 heavy (non-hydrogen) atoms. The molecule has 0 aliphatic heterocycles. The summed E-state index contributed by atoms with van der Waals surface area (Å²) in [4.78, 5) is 12.2. The smallest absolute Gasteiger partial charge is 0.337 e. The Balaban J connectivity index is 1.60. The fourth-order valence-electron chi connectivity index (χ4n) is 2.89. The van der Waals surface area contributed by atoms with Gasteiger partial charge in [-0.3, -0.25) is 4.79 Å². The van der Waals surface area contributed by atoms with Gasteiger partial charge in [-0.15, -0.1) is 5.10 Å². The number of nitrogens with one attached hydrogen (secondary N) is 2. The van der Waals surface area contributed by atoms with Crippen LogP contribution in [0.3, 0.4) is 0 Å². The van der Waals surface area contributed by atoms with Crippen LogP contribution in [-0.4, -0.2) is 34.7 Å². The van der Waals surface area contributed by atoms with Gasteiger partial charge in [-0.1, -0.05) is 35.6 Å². The summed E-state index contributed by atoms with van der Waals surface area (Å²) >= 11 is 1.31. The number of aryl methyl sites for hydroxylation is 1. The molecule has 9 heteroatoms. The second-order valence-corrected chi connectivity index (χ2v) is 7.60. The predicted octanol–water partition coefficient (Wildman–Crippen LogP) is 2.41. The third kappa shape index (κ3) is 5.64. The summed E-state index contributed by atoms with van der Waals surface area (Å²) in [6.07, 6.45) is 1.32. The second-order valence-electron chi connectivity index (χ2n) is 6.65. The number of carbonyl (C=O) groups excluding carboxylic acids is 1. The van der Waals surface area contributed by atoms with E-state index in [0.29, 0.717) is 23.9 Å². The minimum absolute atomic E-state index is 0.138. The lowest BCUT2D eigenvalue weighted by atomic mass is 10.1. The van der Waals surface area contributed by atoms with Crippen molar-refractivity contribution in [2.45, 2.75) is 32.5 Å². The summed E-state index contributed by atoms with van der Waals surface area (Å²) in [7, 11) is 0. The summed E-state index contributed by atoms with van der Waals surface area (Å²) in [6, 6.07) is 13.1. The van der Waals surface area contributed by atoms with Gasteiger partial charge in [0.1, 0.15) is 5.75 Å². The Kier molecular flexibility index (Phi) is 7.66. The molecule has 0 unspecified atom stereocenters. The zero-order chi connectivity index (χ0) is 22.2. The van der Waals surface area contributed by atoms with E-state index >= 15 is 0 Å². The quantitative estimate of drug-likeness (QED) is 0.230. The van der Waals surface area contributed by atoms with E-state index < -0.39 is 0 Å². The first kappa shape index (κ1) is 22.4. The van der Waals surface area contributed by atoms with Gasteiger partial charge < -0.3 is 9.84 Å². The normalized spacial score (nSPS) is 11.1. The van der Waals surface area contributed by atoms with Crippen LogP contribution in [0.5, 0.6) is 11.5 Å². The van der Waals surface area contributed by atoms with Crippen LogP contribution in [0.25, 0.3) is 11.4 Å². The lowest BCUT2D eigenvalue weighted by Crippen LogP contribution is -2.36. The fraction of sp³-hybridized carbons (Fsp3) is 0.273. The number of ether oxygens (including phenoxy) is 1. The monoisotopic (exact) mass is 439 g/mol. The maximum absolute atomic E-state index is 12.2. The number of hydrazone groups is 1. The van der Waals surface area contributed by atoms with E-state index in [0.717, 1.165) is 11.4 Å². The number of thioether (sulfide) groups is 1. The van der Waals surface area contributed by atoms with Crippen molar-refractivity contribution in [2.24, 2.45) is 5.10 Å². The SMILES string of the molecule is CCOc1cccc(/C=N/NC(=O)CSc2n[nH]c(-c3ccc(C)cc3)[n+]2CC)c1[O-]. The van der Waals surface area contributed by atoms with Gasteiger partial charge in [0.2, 0.25) is 0 Å². The molecule has 2 N–H and O–H groups in total. The van der Waals surface area contributed by atoms with Crippen LogP contribution < -0.4 is 19.8 Å². The molecule has 0 saturated heterocycles. The molecular weight excluding hydrogens is 414 g/mol. The average Bonchev–Trinajstić information content (AvgIpc) is 3.18. The molecule has 0 bridgehead atoms. The highest BCUT2D eigenvalue weighted by atomic mass is 32.2. The number of nitrogens with zero attached hydrogens (tertiary/aromatic N) is 3. The van der Waals surface area contributed by atoms with Gasteiger partial charge in [-0.2, -0.15) is 5.10 Å². The number of rotatable bonds is 9. The second kappa shape index (κ2) is 10.6.